The van der Waals surface area contributed by atoms with E-state index in [0.29, 0.717) is 24.0 Å². The second kappa shape index (κ2) is 6.84. The van der Waals surface area contributed by atoms with E-state index >= 15 is 0 Å². The Kier molecular flexibility index (Phi) is 4.93. The number of carbonyl (C=O) groups excluding carboxylic acids is 1. The van der Waals surface area contributed by atoms with Crippen molar-refractivity contribution < 1.29 is 15.0 Å². The van der Waals surface area contributed by atoms with Crippen LogP contribution in [0.5, 0.6) is 0 Å². The third-order valence-corrected chi connectivity index (χ3v) is 12.4. The molecule has 0 saturated heterocycles. The number of rotatable bonds is 1. The molecule has 0 unspecified atom stereocenters. The summed E-state index contributed by atoms with van der Waals surface area (Å²) in [5.41, 5.74) is 0.758. The first-order chi connectivity index (χ1) is 15.1. The van der Waals surface area contributed by atoms with Crippen molar-refractivity contribution in [3.05, 3.63) is 23.8 Å². The first kappa shape index (κ1) is 23.8. The molecular weight excluding hydrogens is 408 g/mol. The number of hydrogen-bond acceptors (Lipinski definition) is 3. The number of fused-ring (bicyclic) bond motifs is 7. The lowest BCUT2D eigenvalue weighted by molar-refractivity contribution is -0.182. The molecule has 10 atom stereocenters. The molecule has 0 aliphatic heterocycles. The van der Waals surface area contributed by atoms with Crippen LogP contribution in [0.1, 0.15) is 87.5 Å². The zero-order valence-corrected chi connectivity index (χ0v) is 22.1. The van der Waals surface area contributed by atoms with Crippen LogP contribution in [0.3, 0.4) is 0 Å². The molecule has 3 heteroatoms. The van der Waals surface area contributed by atoms with E-state index in [2.05, 4.69) is 67.5 Å². The molecule has 3 nitrogen and oxygen atoms in total. The van der Waals surface area contributed by atoms with Gasteiger partial charge < -0.3 is 10.2 Å². The van der Waals surface area contributed by atoms with E-state index in [0.717, 1.165) is 25.7 Å². The largest absolute Gasteiger partial charge is 0.392 e. The van der Waals surface area contributed by atoms with E-state index in [9.17, 15) is 15.0 Å². The maximum absolute atomic E-state index is 13.7. The number of hydrogen-bond donors (Lipinski definition) is 2. The second-order valence-electron chi connectivity index (χ2n) is 14.4. The molecule has 0 radical (unpaired) electrons. The van der Waals surface area contributed by atoms with Gasteiger partial charge in [0.25, 0.3) is 0 Å². The van der Waals surface area contributed by atoms with Crippen molar-refractivity contribution >= 4 is 5.78 Å². The highest BCUT2D eigenvalue weighted by molar-refractivity contribution is 5.86. The SMILES string of the molecule is CC(C)[C@@H]1CC(=O)[C@H]2[C@@]1(C)CC[C@@]1(C)[C@H]3C(=CC[C@]21C)[C@@]1(C)C=C[C@H](O)C(C)(C)[C@@H]1C[C@@H]3O. The zero-order chi connectivity index (χ0) is 24.4. The number of Topliss-reactive ketones (excluding diaryl/α,β-unsaturated/α-hetero) is 1. The number of ketones is 1. The molecule has 0 aromatic rings. The molecule has 33 heavy (non-hydrogen) atoms. The van der Waals surface area contributed by atoms with Crippen molar-refractivity contribution in [1.82, 2.24) is 0 Å². The van der Waals surface area contributed by atoms with E-state index < -0.39 is 12.2 Å². The average Bonchev–Trinajstić information content (AvgIpc) is 3.00. The van der Waals surface area contributed by atoms with Crippen LogP contribution in [0, 0.1) is 56.7 Å². The third kappa shape index (κ3) is 2.68. The molecule has 3 fully saturated rings. The van der Waals surface area contributed by atoms with Gasteiger partial charge in [-0.15, -0.1) is 0 Å². The Morgan fingerprint density at radius 1 is 1.00 bits per heavy atom. The van der Waals surface area contributed by atoms with Crippen molar-refractivity contribution in [1.29, 1.82) is 0 Å². The van der Waals surface area contributed by atoms with E-state index in [1.54, 1.807) is 0 Å². The molecule has 184 valence electrons. The van der Waals surface area contributed by atoms with Crippen molar-refractivity contribution in [3.8, 4) is 0 Å². The summed E-state index contributed by atoms with van der Waals surface area (Å²) in [6.07, 6.45) is 10.3. The number of aliphatic hydroxyl groups excluding tert-OH is 2. The van der Waals surface area contributed by atoms with Crippen molar-refractivity contribution in [2.75, 3.05) is 0 Å². The number of allylic oxidation sites excluding steroid dienone is 2. The summed E-state index contributed by atoms with van der Waals surface area (Å²) in [5.74, 6) is 1.80. The molecule has 0 aromatic heterocycles. The standard InChI is InChI=1S/C30H46O3/c1-17(2)19-15-21(32)25-28(19,6)13-14-29(7)24-18(9-12-30(25,29)8)27(5)11-10-23(33)26(3,4)22(27)16-20(24)31/h9-11,17,19-20,22-25,31,33H,12-16H2,1-8H3/t19-,20-,22-,23-,24-,25-,27+,28-,29-,30+/m0/s1. The van der Waals surface area contributed by atoms with Crippen molar-refractivity contribution in [2.24, 2.45) is 56.7 Å². The lowest BCUT2D eigenvalue weighted by Crippen LogP contribution is -2.65. The number of carbonyl (C=O) groups is 1. The van der Waals surface area contributed by atoms with Crippen molar-refractivity contribution in [2.45, 2.75) is 99.7 Å². The molecular formula is C30H46O3. The molecule has 0 heterocycles. The highest BCUT2D eigenvalue weighted by atomic mass is 16.3. The molecule has 5 rings (SSSR count). The maximum Gasteiger partial charge on any atom is 0.137 e. The highest BCUT2D eigenvalue weighted by Crippen LogP contribution is 2.75. The van der Waals surface area contributed by atoms with E-state index in [1.807, 2.05) is 6.08 Å². The predicted octanol–water partition coefficient (Wildman–Crippen LogP) is 5.95. The molecule has 0 amide bonds. The molecule has 5 aliphatic rings. The van der Waals surface area contributed by atoms with Gasteiger partial charge in [-0.3, -0.25) is 4.79 Å². The van der Waals surface area contributed by atoms with Gasteiger partial charge in [0.05, 0.1) is 12.2 Å². The Balaban J connectivity index is 1.64. The lowest BCUT2D eigenvalue weighted by Gasteiger charge is -2.68. The summed E-state index contributed by atoms with van der Waals surface area (Å²) < 4.78 is 0. The minimum Gasteiger partial charge on any atom is -0.392 e. The van der Waals surface area contributed by atoms with Gasteiger partial charge in [-0.05, 0) is 65.1 Å². The van der Waals surface area contributed by atoms with Crippen LogP contribution in [0.15, 0.2) is 23.8 Å². The first-order valence-corrected chi connectivity index (χ1v) is 13.4. The van der Waals surface area contributed by atoms with Gasteiger partial charge in [-0.25, -0.2) is 0 Å². The van der Waals surface area contributed by atoms with Crippen LogP contribution in [-0.4, -0.2) is 28.2 Å². The first-order valence-electron chi connectivity index (χ1n) is 13.4. The molecule has 0 aromatic carbocycles. The van der Waals surface area contributed by atoms with E-state index in [1.165, 1.54) is 5.57 Å². The summed E-state index contributed by atoms with van der Waals surface area (Å²) in [4.78, 5) is 13.7. The van der Waals surface area contributed by atoms with Crippen LogP contribution in [-0.2, 0) is 4.79 Å². The monoisotopic (exact) mass is 454 g/mol. The summed E-state index contributed by atoms with van der Waals surface area (Å²) in [6, 6.07) is 0. The Bertz CT molecular complexity index is 929. The van der Waals surface area contributed by atoms with E-state index in [4.69, 9.17) is 0 Å². The second-order valence-corrected chi connectivity index (χ2v) is 14.4. The fourth-order valence-corrected chi connectivity index (χ4v) is 10.4. The van der Waals surface area contributed by atoms with Gasteiger partial charge >= 0.3 is 0 Å². The Labute approximate surface area is 201 Å². The Morgan fingerprint density at radius 2 is 1.67 bits per heavy atom. The lowest BCUT2D eigenvalue weighted by atomic mass is 9.35. The van der Waals surface area contributed by atoms with Crippen LogP contribution in [0.2, 0.25) is 0 Å². The van der Waals surface area contributed by atoms with Gasteiger partial charge in [-0.1, -0.05) is 79.2 Å². The highest BCUT2D eigenvalue weighted by Gasteiger charge is 2.71. The summed E-state index contributed by atoms with van der Waals surface area (Å²) in [7, 11) is 0. The summed E-state index contributed by atoms with van der Waals surface area (Å²) in [6.45, 7) is 18.4. The van der Waals surface area contributed by atoms with Gasteiger partial charge in [0.15, 0.2) is 0 Å². The minimum atomic E-state index is -0.483. The Hall–Kier alpha value is -0.930. The third-order valence-electron chi connectivity index (χ3n) is 12.4. The fraction of sp³-hybridized carbons (Fsp3) is 0.833. The van der Waals surface area contributed by atoms with Crippen LogP contribution >= 0.6 is 0 Å². The van der Waals surface area contributed by atoms with Crippen LogP contribution < -0.4 is 0 Å². The molecule has 0 spiro atoms. The maximum atomic E-state index is 13.7. The van der Waals surface area contributed by atoms with Gasteiger partial charge in [0.1, 0.15) is 5.78 Å². The fourth-order valence-electron chi connectivity index (χ4n) is 10.4. The van der Waals surface area contributed by atoms with E-state index in [-0.39, 0.29) is 44.8 Å². The van der Waals surface area contributed by atoms with Crippen LogP contribution in [0.25, 0.3) is 0 Å². The molecule has 5 aliphatic carbocycles. The summed E-state index contributed by atoms with van der Waals surface area (Å²) >= 11 is 0. The minimum absolute atomic E-state index is 0.0632. The molecule has 3 saturated carbocycles. The topological polar surface area (TPSA) is 57.5 Å². The quantitative estimate of drug-likeness (QED) is 0.481. The smallest absolute Gasteiger partial charge is 0.137 e. The molecule has 0 bridgehead atoms. The van der Waals surface area contributed by atoms with Crippen molar-refractivity contribution in [3.63, 3.8) is 0 Å². The van der Waals surface area contributed by atoms with Crippen LogP contribution in [0.4, 0.5) is 0 Å². The van der Waals surface area contributed by atoms with Gasteiger partial charge in [-0.2, -0.15) is 0 Å². The van der Waals surface area contributed by atoms with Gasteiger partial charge in [0, 0.05) is 23.7 Å². The van der Waals surface area contributed by atoms with Gasteiger partial charge in [0.2, 0.25) is 0 Å². The predicted molar refractivity (Wildman–Crippen MR) is 132 cm³/mol. The normalized spacial score (nSPS) is 54.9. The summed E-state index contributed by atoms with van der Waals surface area (Å²) in [5, 5.41) is 22.5. The zero-order valence-electron chi connectivity index (χ0n) is 22.1. The average molecular weight is 455 g/mol. The Morgan fingerprint density at radius 3 is 2.30 bits per heavy atom. The number of aliphatic hydroxyl groups is 2. The molecule has 2 N–H and O–H groups in total.